The van der Waals surface area contributed by atoms with Crippen LogP contribution in [-0.4, -0.2) is 75.9 Å². The van der Waals surface area contributed by atoms with Crippen LogP contribution >= 0.6 is 0 Å². The molecule has 0 radical (unpaired) electrons. The minimum atomic E-state index is -0.842. The summed E-state index contributed by atoms with van der Waals surface area (Å²) in [6.07, 6.45) is 1.77. The van der Waals surface area contributed by atoms with Gasteiger partial charge in [-0.25, -0.2) is 0 Å². The van der Waals surface area contributed by atoms with Crippen molar-refractivity contribution < 1.29 is 29.4 Å². The van der Waals surface area contributed by atoms with Crippen LogP contribution in [0.5, 0.6) is 0 Å². The van der Waals surface area contributed by atoms with Crippen molar-refractivity contribution in [2.45, 2.75) is 71.8 Å². The second-order valence-electron chi connectivity index (χ2n) is 11.9. The molecule has 8 nitrogen and oxygen atoms in total. The van der Waals surface area contributed by atoms with Crippen LogP contribution in [0.3, 0.4) is 0 Å². The van der Waals surface area contributed by atoms with Gasteiger partial charge in [0.25, 0.3) is 0 Å². The quantitative estimate of drug-likeness (QED) is 0.468. The largest absolute Gasteiger partial charge is 0.481 e. The molecule has 2 aliphatic rings. The number of rotatable bonds is 9. The van der Waals surface area contributed by atoms with Gasteiger partial charge in [0, 0.05) is 19.5 Å². The molecule has 41 heavy (non-hydrogen) atoms. The van der Waals surface area contributed by atoms with E-state index in [0.717, 1.165) is 33.4 Å². The van der Waals surface area contributed by atoms with Crippen LogP contribution in [0.1, 0.15) is 65.0 Å². The number of hydrogen-bond donors (Lipinski definition) is 2. The summed E-state index contributed by atoms with van der Waals surface area (Å²) in [5, 5.41) is 19.1. The maximum absolute atomic E-state index is 14.5. The van der Waals surface area contributed by atoms with Crippen molar-refractivity contribution in [2.75, 3.05) is 26.2 Å². The first-order valence-electron chi connectivity index (χ1n) is 14.6. The van der Waals surface area contributed by atoms with Gasteiger partial charge in [-0.15, -0.1) is 0 Å². The van der Waals surface area contributed by atoms with Crippen molar-refractivity contribution >= 4 is 23.6 Å². The van der Waals surface area contributed by atoms with Gasteiger partial charge in [-0.1, -0.05) is 47.5 Å². The molecule has 2 N–H and O–H groups in total. The number of carbonyl (C=O) groups excluding carboxylic acids is 2. The van der Waals surface area contributed by atoms with Gasteiger partial charge in [0.05, 0.1) is 23.8 Å². The van der Waals surface area contributed by atoms with E-state index in [9.17, 15) is 29.4 Å². The van der Waals surface area contributed by atoms with Gasteiger partial charge < -0.3 is 15.1 Å². The summed E-state index contributed by atoms with van der Waals surface area (Å²) in [7, 11) is 0. The Hall–Kier alpha value is -3.52. The number of carboxylic acid groups (broad SMARTS) is 2. The van der Waals surface area contributed by atoms with E-state index in [1.54, 1.807) is 4.90 Å². The van der Waals surface area contributed by atoms with Crippen molar-refractivity contribution in [2.24, 2.45) is 11.8 Å². The van der Waals surface area contributed by atoms with Crippen LogP contribution in [0.25, 0.3) is 0 Å². The second-order valence-corrected chi connectivity index (χ2v) is 11.9. The molecule has 0 aliphatic carbocycles. The summed E-state index contributed by atoms with van der Waals surface area (Å²) in [6, 6.07) is 11.2. The average molecular weight is 563 g/mol. The molecule has 4 rings (SSSR count). The maximum Gasteiger partial charge on any atom is 0.306 e. The lowest BCUT2D eigenvalue weighted by atomic mass is 9.80. The van der Waals surface area contributed by atoms with Crippen LogP contribution in [0.15, 0.2) is 36.4 Å². The number of benzene rings is 2. The normalized spacial score (nSPS) is 18.6. The summed E-state index contributed by atoms with van der Waals surface area (Å²) in [5.41, 5.74) is 5.70. The van der Waals surface area contributed by atoms with E-state index >= 15 is 0 Å². The van der Waals surface area contributed by atoms with E-state index < -0.39 is 35.7 Å². The minimum Gasteiger partial charge on any atom is -0.481 e. The molecule has 2 saturated heterocycles. The zero-order valence-electron chi connectivity index (χ0n) is 24.6. The Morgan fingerprint density at radius 2 is 1.27 bits per heavy atom. The summed E-state index contributed by atoms with van der Waals surface area (Å²) in [5.74, 6) is -3.62. The Labute approximate surface area is 242 Å². The molecule has 2 aromatic rings. The van der Waals surface area contributed by atoms with E-state index in [1.807, 2.05) is 69.0 Å². The summed E-state index contributed by atoms with van der Waals surface area (Å²) in [4.78, 5) is 56.0. The molecule has 0 aromatic heterocycles. The topological polar surface area (TPSA) is 115 Å². The second kappa shape index (κ2) is 13.0. The van der Waals surface area contributed by atoms with Gasteiger partial charge in [-0.3, -0.25) is 24.1 Å². The highest BCUT2D eigenvalue weighted by Gasteiger charge is 2.43. The summed E-state index contributed by atoms with van der Waals surface area (Å²) in [6.45, 7) is 9.38. The number of ketones is 1. The van der Waals surface area contributed by atoms with Crippen LogP contribution in [-0.2, 0) is 25.6 Å². The fourth-order valence-corrected chi connectivity index (χ4v) is 6.38. The molecule has 2 aromatic carbocycles. The fourth-order valence-electron chi connectivity index (χ4n) is 6.38. The molecule has 0 saturated carbocycles. The molecule has 2 aliphatic heterocycles. The number of likely N-dealkylation sites (tertiary alicyclic amines) is 2. The third-order valence-electron chi connectivity index (χ3n) is 8.98. The Morgan fingerprint density at radius 1 is 0.756 bits per heavy atom. The number of Topliss-reactive ketones (excluding diaryl/α,β-unsaturated/α-hetero) is 1. The Bertz CT molecular complexity index is 1300. The van der Waals surface area contributed by atoms with Crippen LogP contribution in [0.4, 0.5) is 0 Å². The molecule has 0 spiro atoms. The highest BCUT2D eigenvalue weighted by atomic mass is 16.4. The third-order valence-corrected chi connectivity index (χ3v) is 8.98. The monoisotopic (exact) mass is 562 g/mol. The van der Waals surface area contributed by atoms with Gasteiger partial charge in [0.1, 0.15) is 0 Å². The Balaban J connectivity index is 1.76. The molecule has 220 valence electrons. The number of nitrogens with zero attached hydrogens (tertiary/aromatic N) is 2. The van der Waals surface area contributed by atoms with E-state index in [4.69, 9.17) is 0 Å². The molecule has 0 bridgehead atoms. The number of aryl methyl sites for hydroxylation is 4. The molecular weight excluding hydrogens is 520 g/mol. The van der Waals surface area contributed by atoms with Gasteiger partial charge in [0.2, 0.25) is 5.91 Å². The number of hydrogen-bond acceptors (Lipinski definition) is 5. The Kier molecular flexibility index (Phi) is 9.64. The zero-order valence-corrected chi connectivity index (χ0v) is 24.6. The number of amides is 1. The molecule has 8 heteroatoms. The number of piperidine rings is 2. The van der Waals surface area contributed by atoms with E-state index in [-0.39, 0.29) is 18.1 Å². The van der Waals surface area contributed by atoms with Gasteiger partial charge in [-0.2, -0.15) is 0 Å². The molecule has 2 heterocycles. The number of carbonyl (C=O) groups is 4. The SMILES string of the molecule is Cc1ccc(C)c(CC(=O)C(C(C(=O)N2CCC(C(=O)O)CC2)c2cc(C)ccc2C)N2CCC(C(=O)O)CC2)c1. The van der Waals surface area contributed by atoms with Gasteiger partial charge >= 0.3 is 11.9 Å². The predicted octanol–water partition coefficient (Wildman–Crippen LogP) is 4.30. The van der Waals surface area contributed by atoms with E-state index in [1.165, 1.54) is 0 Å². The van der Waals surface area contributed by atoms with Crippen LogP contribution in [0.2, 0.25) is 0 Å². The Morgan fingerprint density at radius 3 is 1.83 bits per heavy atom. The molecule has 2 atom stereocenters. The summed E-state index contributed by atoms with van der Waals surface area (Å²) < 4.78 is 0. The van der Waals surface area contributed by atoms with Crippen molar-refractivity contribution in [3.8, 4) is 0 Å². The zero-order chi connectivity index (χ0) is 29.8. The van der Waals surface area contributed by atoms with Gasteiger partial charge in [0.15, 0.2) is 5.78 Å². The lowest BCUT2D eigenvalue weighted by molar-refractivity contribution is -0.147. The van der Waals surface area contributed by atoms with Crippen molar-refractivity contribution in [1.82, 2.24) is 9.80 Å². The third kappa shape index (κ3) is 7.04. The van der Waals surface area contributed by atoms with Gasteiger partial charge in [-0.05, 0) is 88.7 Å². The predicted molar refractivity (Wildman–Crippen MR) is 156 cm³/mol. The number of aliphatic carboxylic acids is 2. The first-order valence-corrected chi connectivity index (χ1v) is 14.6. The lowest BCUT2D eigenvalue weighted by Gasteiger charge is -2.42. The molecular formula is C33H42N2O6. The standard InChI is InChI=1S/C33H42N2O6/c1-20-5-7-22(3)26(17-20)19-28(36)30(34-13-9-24(10-14-34)32(38)39)29(27-18-21(2)6-8-23(27)4)31(37)35-15-11-25(12-16-35)33(40)41/h5-8,17-18,24-25,29-30H,9-16,19H2,1-4H3,(H,38,39)(H,40,41). The average Bonchev–Trinajstić information content (AvgIpc) is 2.94. The van der Waals surface area contributed by atoms with Crippen LogP contribution < -0.4 is 0 Å². The highest BCUT2D eigenvalue weighted by molar-refractivity contribution is 5.96. The summed E-state index contributed by atoms with van der Waals surface area (Å²) >= 11 is 0. The van der Waals surface area contributed by atoms with Crippen LogP contribution in [0, 0.1) is 39.5 Å². The maximum atomic E-state index is 14.5. The lowest BCUT2D eigenvalue weighted by Crippen LogP contribution is -2.54. The van der Waals surface area contributed by atoms with Crippen molar-refractivity contribution in [1.29, 1.82) is 0 Å². The van der Waals surface area contributed by atoms with Crippen molar-refractivity contribution in [3.63, 3.8) is 0 Å². The smallest absolute Gasteiger partial charge is 0.306 e. The fraction of sp³-hybridized carbons (Fsp3) is 0.515. The first kappa shape index (κ1) is 30.4. The van der Waals surface area contributed by atoms with E-state index in [0.29, 0.717) is 51.9 Å². The highest BCUT2D eigenvalue weighted by Crippen LogP contribution is 2.34. The first-order chi connectivity index (χ1) is 19.5. The minimum absolute atomic E-state index is 0.0628. The number of carboxylic acids is 2. The van der Waals surface area contributed by atoms with E-state index in [2.05, 4.69) is 0 Å². The molecule has 2 fully saturated rings. The molecule has 2 unspecified atom stereocenters. The van der Waals surface area contributed by atoms with Crippen molar-refractivity contribution in [3.05, 3.63) is 69.8 Å². The molecule has 1 amide bonds.